The van der Waals surface area contributed by atoms with Crippen molar-refractivity contribution in [3.63, 3.8) is 0 Å². The van der Waals surface area contributed by atoms with Gasteiger partial charge in [0, 0.05) is 5.41 Å². The highest BCUT2D eigenvalue weighted by Gasteiger charge is 2.44. The molecule has 0 saturated carbocycles. The maximum absolute atomic E-state index is 11.4. The first kappa shape index (κ1) is 13.9. The SMILES string of the molecule is CC(C)CC(CO)(CO)C1CCS(=O)(=O)C1. The summed E-state index contributed by atoms with van der Waals surface area (Å²) in [5, 5.41) is 19.0. The smallest absolute Gasteiger partial charge is 0.150 e. The first-order valence-corrected chi connectivity index (χ1v) is 7.59. The van der Waals surface area contributed by atoms with Gasteiger partial charge in [-0.15, -0.1) is 0 Å². The molecule has 1 aliphatic heterocycles. The second-order valence-electron chi connectivity index (χ2n) is 5.38. The van der Waals surface area contributed by atoms with Gasteiger partial charge < -0.3 is 10.2 Å². The maximum atomic E-state index is 11.4. The zero-order valence-corrected chi connectivity index (χ0v) is 10.8. The van der Waals surface area contributed by atoms with Crippen molar-refractivity contribution in [2.45, 2.75) is 26.7 Å². The molecule has 2 N–H and O–H groups in total. The molecule has 1 saturated heterocycles. The third-order valence-electron chi connectivity index (χ3n) is 3.54. The molecular formula is C11H22O4S. The van der Waals surface area contributed by atoms with Crippen LogP contribution in [-0.4, -0.2) is 43.4 Å². The van der Waals surface area contributed by atoms with Gasteiger partial charge in [0.15, 0.2) is 9.84 Å². The molecule has 1 atom stereocenters. The Morgan fingerprint density at radius 2 is 1.88 bits per heavy atom. The van der Waals surface area contributed by atoms with Crippen molar-refractivity contribution >= 4 is 9.84 Å². The molecule has 96 valence electrons. The average molecular weight is 250 g/mol. The standard InChI is InChI=1S/C11H22O4S/c1-9(2)5-11(7-12,8-13)10-3-4-16(14,15)6-10/h9-10,12-13H,3-8H2,1-2H3. The number of hydrogen-bond acceptors (Lipinski definition) is 4. The minimum Gasteiger partial charge on any atom is -0.396 e. The summed E-state index contributed by atoms with van der Waals surface area (Å²) < 4.78 is 22.9. The quantitative estimate of drug-likeness (QED) is 0.742. The van der Waals surface area contributed by atoms with E-state index in [0.29, 0.717) is 18.8 Å². The predicted molar refractivity (Wildman–Crippen MR) is 62.8 cm³/mol. The molecule has 1 heterocycles. The Balaban J connectivity index is 2.85. The minimum atomic E-state index is -2.96. The fraction of sp³-hybridized carbons (Fsp3) is 1.00. The number of aliphatic hydroxyl groups is 2. The average Bonchev–Trinajstić information content (AvgIpc) is 2.55. The van der Waals surface area contributed by atoms with Crippen molar-refractivity contribution in [2.75, 3.05) is 24.7 Å². The van der Waals surface area contributed by atoms with Gasteiger partial charge in [-0.2, -0.15) is 0 Å². The van der Waals surface area contributed by atoms with Crippen LogP contribution < -0.4 is 0 Å². The molecule has 4 nitrogen and oxygen atoms in total. The van der Waals surface area contributed by atoms with E-state index in [0.717, 1.165) is 0 Å². The topological polar surface area (TPSA) is 74.6 Å². The predicted octanol–water partition coefficient (Wildman–Crippen LogP) is 0.438. The van der Waals surface area contributed by atoms with Crippen LogP contribution in [0.15, 0.2) is 0 Å². The summed E-state index contributed by atoms with van der Waals surface area (Å²) in [5.74, 6) is 0.538. The van der Waals surface area contributed by atoms with Crippen LogP contribution in [0.4, 0.5) is 0 Å². The number of aliphatic hydroxyl groups excluding tert-OH is 2. The monoisotopic (exact) mass is 250 g/mol. The van der Waals surface area contributed by atoms with Crippen molar-refractivity contribution in [1.29, 1.82) is 0 Å². The van der Waals surface area contributed by atoms with Gasteiger partial charge in [0.1, 0.15) is 0 Å². The molecule has 5 heteroatoms. The lowest BCUT2D eigenvalue weighted by atomic mass is 9.71. The van der Waals surface area contributed by atoms with E-state index in [1.807, 2.05) is 13.8 Å². The van der Waals surface area contributed by atoms with Crippen molar-refractivity contribution < 1.29 is 18.6 Å². The molecule has 16 heavy (non-hydrogen) atoms. The van der Waals surface area contributed by atoms with Crippen molar-refractivity contribution in [2.24, 2.45) is 17.3 Å². The van der Waals surface area contributed by atoms with Crippen LogP contribution in [-0.2, 0) is 9.84 Å². The Labute approximate surface area is 97.6 Å². The van der Waals surface area contributed by atoms with Crippen LogP contribution in [0.3, 0.4) is 0 Å². The molecule has 1 rings (SSSR count). The van der Waals surface area contributed by atoms with E-state index in [9.17, 15) is 18.6 Å². The number of rotatable bonds is 5. The fourth-order valence-electron chi connectivity index (χ4n) is 2.69. The lowest BCUT2D eigenvalue weighted by Crippen LogP contribution is -2.40. The maximum Gasteiger partial charge on any atom is 0.150 e. The van der Waals surface area contributed by atoms with Crippen LogP contribution in [0.5, 0.6) is 0 Å². The Morgan fingerprint density at radius 3 is 2.19 bits per heavy atom. The molecule has 0 aromatic rings. The summed E-state index contributed by atoms with van der Waals surface area (Å²) in [6.07, 6.45) is 1.23. The van der Waals surface area contributed by atoms with E-state index in [1.165, 1.54) is 0 Å². The van der Waals surface area contributed by atoms with Gasteiger partial charge in [0.2, 0.25) is 0 Å². The van der Waals surface area contributed by atoms with Gasteiger partial charge in [-0.1, -0.05) is 13.8 Å². The van der Waals surface area contributed by atoms with Crippen molar-refractivity contribution in [1.82, 2.24) is 0 Å². The van der Waals surface area contributed by atoms with Gasteiger partial charge in [0.05, 0.1) is 24.7 Å². The lowest BCUT2D eigenvalue weighted by Gasteiger charge is -2.36. The van der Waals surface area contributed by atoms with Gasteiger partial charge in [-0.25, -0.2) is 8.42 Å². The van der Waals surface area contributed by atoms with Crippen LogP contribution in [0, 0.1) is 17.3 Å². The normalized spacial score (nSPS) is 25.2. The third-order valence-corrected chi connectivity index (χ3v) is 5.31. The van der Waals surface area contributed by atoms with Crippen LogP contribution in [0.1, 0.15) is 26.7 Å². The summed E-state index contributed by atoms with van der Waals surface area (Å²) in [6.45, 7) is 3.76. The Kier molecular flexibility index (Phi) is 4.37. The fourth-order valence-corrected chi connectivity index (χ4v) is 4.64. The van der Waals surface area contributed by atoms with E-state index in [4.69, 9.17) is 0 Å². The molecule has 0 aromatic heterocycles. The second-order valence-corrected chi connectivity index (χ2v) is 7.61. The van der Waals surface area contributed by atoms with Crippen LogP contribution in [0.25, 0.3) is 0 Å². The molecule has 0 aromatic carbocycles. The summed E-state index contributed by atoms with van der Waals surface area (Å²) in [7, 11) is -2.96. The third kappa shape index (κ3) is 2.96. The Hall–Kier alpha value is -0.130. The van der Waals surface area contributed by atoms with E-state index in [1.54, 1.807) is 0 Å². The Bertz CT molecular complexity index is 317. The molecule has 0 spiro atoms. The van der Waals surface area contributed by atoms with E-state index < -0.39 is 15.3 Å². The number of hydrogen-bond donors (Lipinski definition) is 2. The highest BCUT2D eigenvalue weighted by molar-refractivity contribution is 7.91. The van der Waals surface area contributed by atoms with Crippen LogP contribution >= 0.6 is 0 Å². The summed E-state index contributed by atoms with van der Waals surface area (Å²) in [5.41, 5.74) is -0.627. The highest BCUT2D eigenvalue weighted by atomic mass is 32.2. The van der Waals surface area contributed by atoms with Gasteiger partial charge in [-0.05, 0) is 24.7 Å². The van der Waals surface area contributed by atoms with E-state index in [2.05, 4.69) is 0 Å². The highest BCUT2D eigenvalue weighted by Crippen LogP contribution is 2.40. The zero-order valence-electron chi connectivity index (χ0n) is 10.0. The Morgan fingerprint density at radius 1 is 1.31 bits per heavy atom. The van der Waals surface area contributed by atoms with Gasteiger partial charge in [-0.3, -0.25) is 0 Å². The lowest BCUT2D eigenvalue weighted by molar-refractivity contribution is -0.00437. The molecule has 1 unspecified atom stereocenters. The van der Waals surface area contributed by atoms with Crippen molar-refractivity contribution in [3.05, 3.63) is 0 Å². The van der Waals surface area contributed by atoms with E-state index in [-0.39, 0.29) is 30.6 Å². The molecule has 0 aliphatic carbocycles. The van der Waals surface area contributed by atoms with Gasteiger partial charge in [0.25, 0.3) is 0 Å². The zero-order chi connectivity index (χ0) is 12.4. The summed E-state index contributed by atoms with van der Waals surface area (Å²) in [4.78, 5) is 0. The molecular weight excluding hydrogens is 228 g/mol. The second kappa shape index (κ2) is 5.02. The summed E-state index contributed by atoms with van der Waals surface area (Å²) in [6, 6.07) is 0. The molecule has 0 radical (unpaired) electrons. The number of sulfone groups is 1. The first-order valence-electron chi connectivity index (χ1n) is 5.77. The minimum absolute atomic E-state index is 0.102. The summed E-state index contributed by atoms with van der Waals surface area (Å²) >= 11 is 0. The molecule has 0 amide bonds. The molecule has 1 aliphatic rings. The van der Waals surface area contributed by atoms with E-state index >= 15 is 0 Å². The molecule has 1 fully saturated rings. The largest absolute Gasteiger partial charge is 0.396 e. The first-order chi connectivity index (χ1) is 7.35. The van der Waals surface area contributed by atoms with Gasteiger partial charge >= 0.3 is 0 Å². The van der Waals surface area contributed by atoms with Crippen LogP contribution in [0.2, 0.25) is 0 Å². The van der Waals surface area contributed by atoms with Crippen molar-refractivity contribution in [3.8, 4) is 0 Å². The molecule has 0 bridgehead atoms.